The number of carbonyl (C=O) groups is 1. The summed E-state index contributed by atoms with van der Waals surface area (Å²) in [5, 5.41) is 13.8. The van der Waals surface area contributed by atoms with E-state index in [-0.39, 0.29) is 16.5 Å². The number of nitro benzene ring substituents is 1. The molecule has 0 saturated heterocycles. The smallest absolute Gasteiger partial charge is 0.408 e. The Labute approximate surface area is 211 Å². The second-order valence-electron chi connectivity index (χ2n) is 9.59. The van der Waals surface area contributed by atoms with Gasteiger partial charge in [0.2, 0.25) is 5.90 Å². The van der Waals surface area contributed by atoms with Crippen molar-refractivity contribution in [3.05, 3.63) is 69.8 Å². The van der Waals surface area contributed by atoms with Crippen LogP contribution < -0.4 is 5.32 Å². The summed E-state index contributed by atoms with van der Waals surface area (Å²) < 4.78 is 41.4. The molecule has 0 aliphatic carbocycles. The van der Waals surface area contributed by atoms with Gasteiger partial charge in [-0.25, -0.2) is 4.79 Å². The van der Waals surface area contributed by atoms with Crippen LogP contribution in [0.15, 0.2) is 57.8 Å². The van der Waals surface area contributed by atoms with Gasteiger partial charge in [0, 0.05) is 12.1 Å². The van der Waals surface area contributed by atoms with Crippen molar-refractivity contribution in [3.8, 4) is 0 Å². The number of sulfonamides is 1. The number of nitro groups is 1. The minimum atomic E-state index is -4.28. The molecule has 1 N–H and O–H groups in total. The maximum atomic E-state index is 13.1. The van der Waals surface area contributed by atoms with Crippen molar-refractivity contribution >= 4 is 27.7 Å². The summed E-state index contributed by atoms with van der Waals surface area (Å²) in [6.45, 7) is 12.2. The number of hydrogen-bond donors (Lipinski definition) is 1. The number of alkyl carbamates (subject to hydrolysis) is 1. The van der Waals surface area contributed by atoms with Gasteiger partial charge in [-0.1, -0.05) is 31.2 Å². The Kier molecular flexibility index (Phi) is 9.20. The van der Waals surface area contributed by atoms with E-state index in [1.165, 1.54) is 0 Å². The van der Waals surface area contributed by atoms with E-state index in [1.54, 1.807) is 41.5 Å². The summed E-state index contributed by atoms with van der Waals surface area (Å²) in [5.41, 5.74) is 0.621. The zero-order chi connectivity index (χ0) is 27.3. The Bertz CT molecular complexity index is 1220. The van der Waals surface area contributed by atoms with E-state index in [1.807, 2.05) is 31.2 Å². The molecule has 1 amide bonds. The third kappa shape index (κ3) is 8.04. The van der Waals surface area contributed by atoms with Crippen molar-refractivity contribution < 1.29 is 27.6 Å². The maximum Gasteiger partial charge on any atom is 0.408 e. The molecular formula is C25H33N3O7S. The van der Waals surface area contributed by atoms with Crippen LogP contribution in [0.3, 0.4) is 0 Å². The third-order valence-electron chi connectivity index (χ3n) is 5.00. The first-order valence-corrected chi connectivity index (χ1v) is 12.9. The highest BCUT2D eigenvalue weighted by Gasteiger charge is 2.32. The number of aryl methyl sites for hydroxylation is 1. The highest BCUT2D eigenvalue weighted by atomic mass is 32.2. The molecule has 0 spiro atoms. The zero-order valence-electron chi connectivity index (χ0n) is 21.5. The van der Waals surface area contributed by atoms with Gasteiger partial charge < -0.3 is 14.8 Å². The van der Waals surface area contributed by atoms with Crippen molar-refractivity contribution in [2.45, 2.75) is 71.1 Å². The van der Waals surface area contributed by atoms with E-state index < -0.39 is 44.7 Å². The van der Waals surface area contributed by atoms with Crippen LogP contribution in [0.5, 0.6) is 0 Å². The number of benzene rings is 2. The summed E-state index contributed by atoms with van der Waals surface area (Å²) in [7, 11) is -4.28. The zero-order valence-corrected chi connectivity index (χ0v) is 22.3. The van der Waals surface area contributed by atoms with Gasteiger partial charge >= 0.3 is 6.09 Å². The molecule has 0 fully saturated rings. The number of nitrogens with one attached hydrogen (secondary N) is 1. The Hall–Kier alpha value is -3.47. The van der Waals surface area contributed by atoms with Crippen molar-refractivity contribution in [2.24, 2.45) is 10.3 Å². The lowest BCUT2D eigenvalue weighted by Crippen LogP contribution is -2.40. The van der Waals surface area contributed by atoms with Gasteiger partial charge in [-0.3, -0.25) is 10.1 Å². The van der Waals surface area contributed by atoms with E-state index in [2.05, 4.69) is 9.71 Å². The largest absolute Gasteiger partial charge is 0.477 e. The number of ether oxygens (including phenoxy) is 2. The Morgan fingerprint density at radius 1 is 1.06 bits per heavy atom. The third-order valence-corrected chi connectivity index (χ3v) is 6.29. The summed E-state index contributed by atoms with van der Waals surface area (Å²) in [5.74, 6) is -0.846. The standard InChI is InChI=1S/C25H33N3O7S/c1-16(2)34-23(27-36(32,33)20-14-12-19(13-15-20)28(30)31)18(4)22(21-11-9-8-10-17(21)3)26-24(29)35-25(5,6)7/h8-16,18,22H,1-7H3,(H,26,29)/b27-23+/t18-,22-/m0/s1. The highest BCUT2D eigenvalue weighted by molar-refractivity contribution is 7.90. The van der Waals surface area contributed by atoms with Crippen LogP contribution in [0.25, 0.3) is 0 Å². The van der Waals surface area contributed by atoms with Gasteiger partial charge in [0.15, 0.2) is 0 Å². The second kappa shape index (κ2) is 11.5. The van der Waals surface area contributed by atoms with Gasteiger partial charge in [-0.05, 0) is 64.8 Å². The molecule has 36 heavy (non-hydrogen) atoms. The van der Waals surface area contributed by atoms with Gasteiger partial charge in [0.05, 0.1) is 27.9 Å². The van der Waals surface area contributed by atoms with Crippen LogP contribution >= 0.6 is 0 Å². The van der Waals surface area contributed by atoms with Crippen LogP contribution in [-0.4, -0.2) is 37.0 Å². The molecule has 0 aromatic heterocycles. The lowest BCUT2D eigenvalue weighted by atomic mass is 9.91. The molecule has 0 saturated carbocycles. The summed E-state index contributed by atoms with van der Waals surface area (Å²) in [6, 6.07) is 11.1. The van der Waals surface area contributed by atoms with Crippen molar-refractivity contribution in [1.29, 1.82) is 0 Å². The molecule has 2 aromatic rings. The number of non-ortho nitro benzene ring substituents is 1. The monoisotopic (exact) mass is 519 g/mol. The maximum absolute atomic E-state index is 13.1. The molecular weight excluding hydrogens is 486 g/mol. The van der Waals surface area contributed by atoms with Crippen LogP contribution in [0.4, 0.5) is 10.5 Å². The van der Waals surface area contributed by atoms with Crippen LogP contribution in [-0.2, 0) is 19.5 Å². The molecule has 2 rings (SSSR count). The number of carbonyl (C=O) groups excluding carboxylic acids is 1. The summed E-state index contributed by atoms with van der Waals surface area (Å²) in [4.78, 5) is 22.8. The number of nitrogens with zero attached hydrogens (tertiary/aromatic N) is 2. The molecule has 0 heterocycles. The fraction of sp³-hybridized carbons (Fsp3) is 0.440. The molecule has 2 atom stereocenters. The SMILES string of the molecule is Cc1ccccc1[C@@H](NC(=O)OC(C)(C)C)[C@H](C)/C(=N\S(=O)(=O)c1ccc([N+](=O)[O-])cc1)OC(C)C. The van der Waals surface area contributed by atoms with Gasteiger partial charge in [0.25, 0.3) is 15.7 Å². The van der Waals surface area contributed by atoms with E-state index in [4.69, 9.17) is 9.47 Å². The number of hydrogen-bond acceptors (Lipinski definition) is 7. The van der Waals surface area contributed by atoms with E-state index >= 15 is 0 Å². The number of amides is 1. The lowest BCUT2D eigenvalue weighted by molar-refractivity contribution is -0.384. The summed E-state index contributed by atoms with van der Waals surface area (Å²) >= 11 is 0. The topological polar surface area (TPSA) is 137 Å². The van der Waals surface area contributed by atoms with Crippen LogP contribution in [0.2, 0.25) is 0 Å². The molecule has 0 aliphatic heterocycles. The Morgan fingerprint density at radius 3 is 2.14 bits per heavy atom. The summed E-state index contributed by atoms with van der Waals surface area (Å²) in [6.07, 6.45) is -1.10. The average molecular weight is 520 g/mol. The first kappa shape index (κ1) is 28.8. The molecule has 0 unspecified atom stereocenters. The van der Waals surface area contributed by atoms with Gasteiger partial charge in [0.1, 0.15) is 5.60 Å². The van der Waals surface area contributed by atoms with Crippen molar-refractivity contribution in [2.75, 3.05) is 0 Å². The normalized spacial score (nSPS) is 14.2. The second-order valence-corrected chi connectivity index (χ2v) is 11.2. The lowest BCUT2D eigenvalue weighted by Gasteiger charge is -2.29. The van der Waals surface area contributed by atoms with E-state index in [0.29, 0.717) is 0 Å². The molecule has 0 radical (unpaired) electrons. The van der Waals surface area contributed by atoms with Gasteiger partial charge in [-0.2, -0.15) is 8.42 Å². The average Bonchev–Trinajstić information content (AvgIpc) is 2.75. The predicted octanol–water partition coefficient (Wildman–Crippen LogP) is 5.32. The van der Waals surface area contributed by atoms with Crippen LogP contribution in [0.1, 0.15) is 58.7 Å². The fourth-order valence-electron chi connectivity index (χ4n) is 3.35. The minimum absolute atomic E-state index is 0.118. The first-order chi connectivity index (χ1) is 16.6. The fourth-order valence-corrected chi connectivity index (χ4v) is 4.38. The van der Waals surface area contributed by atoms with E-state index in [9.17, 15) is 23.3 Å². The highest BCUT2D eigenvalue weighted by Crippen LogP contribution is 2.29. The molecule has 0 aliphatic rings. The molecule has 0 bridgehead atoms. The quantitative estimate of drug-likeness (QED) is 0.216. The van der Waals surface area contributed by atoms with E-state index in [0.717, 1.165) is 35.4 Å². The molecule has 11 heteroatoms. The van der Waals surface area contributed by atoms with Gasteiger partial charge in [-0.15, -0.1) is 4.40 Å². The van der Waals surface area contributed by atoms with Crippen LogP contribution in [0, 0.1) is 23.0 Å². The molecule has 2 aromatic carbocycles. The Balaban J connectivity index is 2.55. The predicted molar refractivity (Wildman–Crippen MR) is 136 cm³/mol. The number of rotatable bonds is 8. The Morgan fingerprint density at radius 2 is 1.64 bits per heavy atom. The van der Waals surface area contributed by atoms with Crippen molar-refractivity contribution in [3.63, 3.8) is 0 Å². The first-order valence-electron chi connectivity index (χ1n) is 11.4. The molecule has 196 valence electrons. The van der Waals surface area contributed by atoms with Crippen molar-refractivity contribution in [1.82, 2.24) is 5.32 Å². The minimum Gasteiger partial charge on any atom is -0.477 e. The molecule has 10 nitrogen and oxygen atoms in total.